The van der Waals surface area contributed by atoms with Crippen molar-refractivity contribution in [1.29, 1.82) is 0 Å². The molecule has 0 amide bonds. The maximum atomic E-state index is 12.2. The summed E-state index contributed by atoms with van der Waals surface area (Å²) in [6, 6.07) is 3.17. The maximum absolute atomic E-state index is 12.2. The van der Waals surface area contributed by atoms with Crippen LogP contribution in [0.4, 0.5) is 5.69 Å². The first-order chi connectivity index (χ1) is 8.09. The molecule has 0 atom stereocenters. The van der Waals surface area contributed by atoms with E-state index in [0.29, 0.717) is 21.3 Å². The largest absolute Gasteiger partial charge is 0.397 e. The van der Waals surface area contributed by atoms with Gasteiger partial charge >= 0.3 is 0 Å². The predicted octanol–water partition coefficient (Wildman–Crippen LogP) is 4.26. The monoisotopic (exact) mass is 269 g/mol. The van der Waals surface area contributed by atoms with Crippen LogP contribution in [-0.2, 0) is 0 Å². The molecule has 2 rings (SSSR count). The first-order valence-corrected chi connectivity index (χ1v) is 6.33. The van der Waals surface area contributed by atoms with Crippen molar-refractivity contribution in [2.75, 3.05) is 5.73 Å². The lowest BCUT2D eigenvalue weighted by Gasteiger charge is -2.12. The number of ketones is 1. The molecule has 2 N–H and O–H groups in total. The van der Waals surface area contributed by atoms with Crippen molar-refractivity contribution < 1.29 is 4.79 Å². The van der Waals surface area contributed by atoms with Gasteiger partial charge in [0.05, 0.1) is 15.7 Å². The molecule has 1 aromatic carbocycles. The Labute approximate surface area is 110 Å². The molecule has 17 heavy (non-hydrogen) atoms. The number of Topliss-reactive ketones (excluding diaryl/α,β-unsaturated/α-hetero) is 1. The highest BCUT2D eigenvalue weighted by atomic mass is 35.5. The summed E-state index contributed by atoms with van der Waals surface area (Å²) in [5, 5.41) is 0.632. The number of carbonyl (C=O) groups is 1. The third-order valence-electron chi connectivity index (χ3n) is 2.90. The van der Waals surface area contributed by atoms with E-state index < -0.39 is 0 Å². The molecule has 0 spiro atoms. The molecule has 1 aliphatic carbocycles. The van der Waals surface area contributed by atoms with Crippen LogP contribution in [-0.4, -0.2) is 5.78 Å². The number of halogens is 2. The lowest BCUT2D eigenvalue weighted by Crippen LogP contribution is -2.07. The van der Waals surface area contributed by atoms with Gasteiger partial charge in [-0.2, -0.15) is 0 Å². The Bertz CT molecular complexity index is 471. The molecular weight excluding hydrogens is 257 g/mol. The molecule has 2 nitrogen and oxygen atoms in total. The Hall–Kier alpha value is -0.990. The first-order valence-electron chi connectivity index (χ1n) is 5.58. The van der Waals surface area contributed by atoms with Crippen molar-refractivity contribution >= 4 is 34.7 Å². The van der Waals surface area contributed by atoms with Gasteiger partial charge in [0.1, 0.15) is 0 Å². The van der Waals surface area contributed by atoms with Crippen LogP contribution in [0.3, 0.4) is 0 Å². The Morgan fingerprint density at radius 3 is 2.59 bits per heavy atom. The fourth-order valence-electron chi connectivity index (χ4n) is 1.97. The highest BCUT2D eigenvalue weighted by Gasteiger charge is 2.16. The van der Waals surface area contributed by atoms with Crippen LogP contribution in [0.25, 0.3) is 0 Å². The third-order valence-corrected chi connectivity index (χ3v) is 3.72. The Morgan fingerprint density at radius 1 is 1.24 bits per heavy atom. The molecule has 0 saturated carbocycles. The summed E-state index contributed by atoms with van der Waals surface area (Å²) in [6.45, 7) is 0. The molecule has 0 unspecified atom stereocenters. The fraction of sp³-hybridized carbons (Fsp3) is 0.308. The summed E-state index contributed by atoms with van der Waals surface area (Å²) < 4.78 is 0. The summed E-state index contributed by atoms with van der Waals surface area (Å²) in [4.78, 5) is 12.2. The average Bonchev–Trinajstić information content (AvgIpc) is 2.35. The number of anilines is 1. The van der Waals surface area contributed by atoms with Crippen molar-refractivity contribution in [3.63, 3.8) is 0 Å². The zero-order chi connectivity index (χ0) is 12.4. The summed E-state index contributed by atoms with van der Waals surface area (Å²) >= 11 is 11.8. The second kappa shape index (κ2) is 5.11. The SMILES string of the molecule is Nc1cc(C(=O)C2=CCCCC2)cc(Cl)c1Cl. The summed E-state index contributed by atoms with van der Waals surface area (Å²) in [6.07, 6.45) is 6.02. The molecule has 4 heteroatoms. The van der Waals surface area contributed by atoms with Crippen LogP contribution in [0.5, 0.6) is 0 Å². The van der Waals surface area contributed by atoms with Crippen molar-refractivity contribution in [2.45, 2.75) is 25.7 Å². The second-order valence-corrected chi connectivity index (χ2v) is 4.95. The molecule has 0 saturated heterocycles. The molecule has 90 valence electrons. The van der Waals surface area contributed by atoms with Crippen LogP contribution >= 0.6 is 23.2 Å². The van der Waals surface area contributed by atoms with E-state index in [-0.39, 0.29) is 5.78 Å². The maximum Gasteiger partial charge on any atom is 0.188 e. The lowest BCUT2D eigenvalue weighted by atomic mass is 9.93. The Balaban J connectivity index is 2.34. The summed E-state index contributed by atoms with van der Waals surface area (Å²) in [7, 11) is 0. The molecule has 0 bridgehead atoms. The number of carbonyl (C=O) groups excluding carboxylic acids is 1. The minimum Gasteiger partial charge on any atom is -0.397 e. The van der Waals surface area contributed by atoms with Crippen molar-refractivity contribution in [1.82, 2.24) is 0 Å². The van der Waals surface area contributed by atoms with Gasteiger partial charge in [0.25, 0.3) is 0 Å². The van der Waals surface area contributed by atoms with Gasteiger partial charge in [0.15, 0.2) is 5.78 Å². The molecule has 0 heterocycles. The highest BCUT2D eigenvalue weighted by molar-refractivity contribution is 6.44. The standard InChI is InChI=1S/C13H13Cl2NO/c14-10-6-9(7-11(16)12(10)15)13(17)8-4-2-1-3-5-8/h4,6-7H,1-3,5,16H2. The molecule has 0 aromatic heterocycles. The number of hydrogen-bond acceptors (Lipinski definition) is 2. The van der Waals surface area contributed by atoms with Gasteiger partial charge in [0, 0.05) is 5.56 Å². The van der Waals surface area contributed by atoms with E-state index in [0.717, 1.165) is 31.3 Å². The molecule has 1 aromatic rings. The Morgan fingerprint density at radius 2 is 2.00 bits per heavy atom. The van der Waals surface area contributed by atoms with Gasteiger partial charge < -0.3 is 5.73 Å². The van der Waals surface area contributed by atoms with Gasteiger partial charge in [0.2, 0.25) is 0 Å². The minimum atomic E-state index is 0.00923. The van der Waals surface area contributed by atoms with E-state index in [9.17, 15) is 4.79 Å². The van der Waals surface area contributed by atoms with Crippen LogP contribution in [0.2, 0.25) is 10.0 Å². The van der Waals surface area contributed by atoms with E-state index in [1.165, 1.54) is 0 Å². The number of hydrogen-bond donors (Lipinski definition) is 1. The third kappa shape index (κ3) is 2.64. The zero-order valence-corrected chi connectivity index (χ0v) is 10.8. The van der Waals surface area contributed by atoms with Gasteiger partial charge in [-0.1, -0.05) is 29.3 Å². The Kier molecular flexibility index (Phi) is 3.75. The van der Waals surface area contributed by atoms with Crippen molar-refractivity contribution in [3.05, 3.63) is 39.4 Å². The number of allylic oxidation sites excluding steroid dienone is 2. The molecular formula is C13H13Cl2NO. The zero-order valence-electron chi connectivity index (χ0n) is 9.30. The average molecular weight is 270 g/mol. The predicted molar refractivity (Wildman–Crippen MR) is 71.8 cm³/mol. The summed E-state index contributed by atoms with van der Waals surface area (Å²) in [5.41, 5.74) is 7.42. The van der Waals surface area contributed by atoms with Crippen LogP contribution < -0.4 is 5.73 Å². The van der Waals surface area contributed by atoms with Crippen LogP contribution in [0.1, 0.15) is 36.0 Å². The number of benzene rings is 1. The number of rotatable bonds is 2. The number of nitrogens with two attached hydrogens (primary N) is 1. The van der Waals surface area contributed by atoms with E-state index in [1.807, 2.05) is 6.08 Å². The first kappa shape index (κ1) is 12.5. The van der Waals surface area contributed by atoms with Crippen molar-refractivity contribution in [3.8, 4) is 0 Å². The second-order valence-electron chi connectivity index (χ2n) is 4.17. The van der Waals surface area contributed by atoms with Gasteiger partial charge in [-0.05, 0) is 43.4 Å². The van der Waals surface area contributed by atoms with Gasteiger partial charge in [-0.3, -0.25) is 4.79 Å². The molecule has 0 radical (unpaired) electrons. The number of nitrogen functional groups attached to an aromatic ring is 1. The molecule has 0 aliphatic heterocycles. The highest BCUT2D eigenvalue weighted by Crippen LogP contribution is 2.31. The van der Waals surface area contributed by atoms with Crippen molar-refractivity contribution in [2.24, 2.45) is 0 Å². The normalized spacial score (nSPS) is 15.5. The minimum absolute atomic E-state index is 0.00923. The smallest absolute Gasteiger partial charge is 0.188 e. The van der Waals surface area contributed by atoms with Crippen LogP contribution in [0, 0.1) is 0 Å². The topological polar surface area (TPSA) is 43.1 Å². The van der Waals surface area contributed by atoms with E-state index in [2.05, 4.69) is 0 Å². The van der Waals surface area contributed by atoms with E-state index >= 15 is 0 Å². The van der Waals surface area contributed by atoms with E-state index in [4.69, 9.17) is 28.9 Å². The molecule has 0 fully saturated rings. The van der Waals surface area contributed by atoms with Gasteiger partial charge in [-0.15, -0.1) is 0 Å². The molecule has 1 aliphatic rings. The van der Waals surface area contributed by atoms with Crippen LogP contribution in [0.15, 0.2) is 23.8 Å². The fourth-order valence-corrected chi connectivity index (χ4v) is 2.31. The summed E-state index contributed by atoms with van der Waals surface area (Å²) in [5.74, 6) is 0.00923. The van der Waals surface area contributed by atoms with E-state index in [1.54, 1.807) is 12.1 Å². The lowest BCUT2D eigenvalue weighted by molar-refractivity contribution is 0.102. The van der Waals surface area contributed by atoms with Gasteiger partial charge in [-0.25, -0.2) is 0 Å². The quantitative estimate of drug-likeness (QED) is 0.644.